The third-order valence-electron chi connectivity index (χ3n) is 8.36. The van der Waals surface area contributed by atoms with Crippen LogP contribution in [0, 0.1) is 0 Å². The summed E-state index contributed by atoms with van der Waals surface area (Å²) in [5.74, 6) is -2.80. The Hall–Kier alpha value is -5.51. The number of carbonyl (C=O) groups excluding carboxylic acids is 4. The Bertz CT molecular complexity index is 1730. The van der Waals surface area contributed by atoms with E-state index in [4.69, 9.17) is 0 Å². The van der Waals surface area contributed by atoms with Crippen LogP contribution in [0.3, 0.4) is 0 Å². The van der Waals surface area contributed by atoms with E-state index in [0.29, 0.717) is 25.8 Å². The van der Waals surface area contributed by atoms with Crippen molar-refractivity contribution in [2.75, 3.05) is 6.54 Å². The van der Waals surface area contributed by atoms with E-state index in [0.717, 1.165) is 33.9 Å². The van der Waals surface area contributed by atoms with Gasteiger partial charge in [0.25, 0.3) is 0 Å². The molecule has 0 aliphatic carbocycles. The summed E-state index contributed by atoms with van der Waals surface area (Å²) in [4.78, 5) is 64.8. The van der Waals surface area contributed by atoms with Crippen molar-refractivity contribution < 1.29 is 29.1 Å². The summed E-state index contributed by atoms with van der Waals surface area (Å²) in [6, 6.07) is 28.7. The molecule has 0 aliphatic rings. The van der Waals surface area contributed by atoms with E-state index in [9.17, 15) is 29.1 Å². The highest BCUT2D eigenvalue weighted by molar-refractivity contribution is 5.94. The van der Waals surface area contributed by atoms with Gasteiger partial charge in [0.1, 0.15) is 18.1 Å². The molecule has 10 heteroatoms. The smallest absolute Gasteiger partial charge is 0.326 e. The maximum absolute atomic E-state index is 13.9. The van der Waals surface area contributed by atoms with Crippen LogP contribution in [0.4, 0.5) is 0 Å². The largest absolute Gasteiger partial charge is 0.480 e. The molecule has 4 aromatic rings. The first-order valence-electron chi connectivity index (χ1n) is 17.2. The normalized spacial score (nSPS) is 12.7. The lowest BCUT2D eigenvalue weighted by molar-refractivity contribution is -0.142. The van der Waals surface area contributed by atoms with Gasteiger partial charge < -0.3 is 26.4 Å². The highest BCUT2D eigenvalue weighted by Gasteiger charge is 2.30. The van der Waals surface area contributed by atoms with Gasteiger partial charge in [-0.2, -0.15) is 0 Å². The summed E-state index contributed by atoms with van der Waals surface area (Å²) in [7, 11) is 0. The molecule has 262 valence electrons. The second-order valence-electron chi connectivity index (χ2n) is 12.4. The van der Waals surface area contributed by atoms with Crippen LogP contribution in [0.1, 0.15) is 55.7 Å². The van der Waals surface area contributed by atoms with E-state index in [2.05, 4.69) is 21.3 Å². The summed E-state index contributed by atoms with van der Waals surface area (Å²) in [6.07, 6.45) is 2.69. The number of unbranched alkanes of at least 4 members (excludes halogenated alkanes) is 1. The van der Waals surface area contributed by atoms with Crippen molar-refractivity contribution in [3.05, 3.63) is 120 Å². The SMILES string of the molecule is CCCC(=O)NCCCC[C@H](NC(=O)[C@H](Cc1ccccc1)NC(=O)[C@H](Cc1ccccc1)NC(=O)Cc1ccc2ccccc2c1)C(=O)O. The highest BCUT2D eigenvalue weighted by atomic mass is 16.4. The van der Waals surface area contributed by atoms with Crippen LogP contribution in [-0.2, 0) is 43.2 Å². The number of carbonyl (C=O) groups is 5. The molecule has 0 saturated heterocycles. The number of hydrogen-bond donors (Lipinski definition) is 5. The average molecular weight is 679 g/mol. The Labute approximate surface area is 293 Å². The zero-order chi connectivity index (χ0) is 35.7. The Morgan fingerprint density at radius 2 is 1.16 bits per heavy atom. The standard InChI is InChI=1S/C40H46N4O6/c1-2-13-36(45)41-23-12-11-20-33(40(49)50)43-39(48)35(26-29-16-7-4-8-17-29)44-38(47)34(25-28-14-5-3-6-15-28)42-37(46)27-30-21-22-31-18-9-10-19-32(31)24-30/h3-10,14-19,21-22,24,33-35H,2,11-13,20,23,25-27H2,1H3,(H,41,45)(H,42,46)(H,43,48)(H,44,47)(H,49,50)/t33-,34-,35-/m0/s1. The van der Waals surface area contributed by atoms with Crippen LogP contribution in [0.5, 0.6) is 0 Å². The minimum absolute atomic E-state index is 0.0504. The number of aliphatic carboxylic acids is 1. The molecule has 0 aliphatic heterocycles. The second kappa shape index (κ2) is 19.5. The molecule has 4 amide bonds. The van der Waals surface area contributed by atoms with Gasteiger partial charge in [0.05, 0.1) is 6.42 Å². The van der Waals surface area contributed by atoms with Gasteiger partial charge in [-0.3, -0.25) is 19.2 Å². The molecule has 0 fully saturated rings. The molecule has 0 aromatic heterocycles. The fourth-order valence-corrected chi connectivity index (χ4v) is 5.72. The van der Waals surface area contributed by atoms with Crippen LogP contribution < -0.4 is 21.3 Å². The van der Waals surface area contributed by atoms with Gasteiger partial charge in [0, 0.05) is 25.8 Å². The van der Waals surface area contributed by atoms with Crippen molar-refractivity contribution in [2.45, 2.75) is 76.4 Å². The average Bonchev–Trinajstić information content (AvgIpc) is 3.11. The highest BCUT2D eigenvalue weighted by Crippen LogP contribution is 2.16. The van der Waals surface area contributed by atoms with Crippen LogP contribution in [0.25, 0.3) is 10.8 Å². The van der Waals surface area contributed by atoms with E-state index in [1.165, 1.54) is 0 Å². The van der Waals surface area contributed by atoms with Gasteiger partial charge in [0.15, 0.2) is 0 Å². The van der Waals surface area contributed by atoms with E-state index >= 15 is 0 Å². The van der Waals surface area contributed by atoms with Crippen molar-refractivity contribution in [1.29, 1.82) is 0 Å². The lowest BCUT2D eigenvalue weighted by Crippen LogP contribution is -2.57. The van der Waals surface area contributed by atoms with E-state index in [-0.39, 0.29) is 37.5 Å². The lowest BCUT2D eigenvalue weighted by atomic mass is 10.0. The van der Waals surface area contributed by atoms with Crippen LogP contribution in [0.2, 0.25) is 0 Å². The third kappa shape index (κ3) is 12.2. The number of rotatable bonds is 19. The van der Waals surface area contributed by atoms with Gasteiger partial charge in [-0.1, -0.05) is 110 Å². The first-order chi connectivity index (χ1) is 24.2. The fourth-order valence-electron chi connectivity index (χ4n) is 5.72. The van der Waals surface area contributed by atoms with Gasteiger partial charge in [0.2, 0.25) is 23.6 Å². The number of carboxylic acid groups (broad SMARTS) is 1. The van der Waals surface area contributed by atoms with Crippen LogP contribution in [-0.4, -0.2) is 59.4 Å². The Balaban J connectivity index is 1.47. The number of carboxylic acids is 1. The topological polar surface area (TPSA) is 154 Å². The van der Waals surface area contributed by atoms with Crippen molar-refractivity contribution in [2.24, 2.45) is 0 Å². The quantitative estimate of drug-likeness (QED) is 0.0922. The molecular weight excluding hydrogens is 632 g/mol. The third-order valence-corrected chi connectivity index (χ3v) is 8.36. The summed E-state index contributed by atoms with van der Waals surface area (Å²) in [5.41, 5.74) is 2.38. The zero-order valence-corrected chi connectivity index (χ0v) is 28.4. The Morgan fingerprint density at radius 3 is 1.76 bits per heavy atom. The maximum atomic E-state index is 13.9. The van der Waals surface area contributed by atoms with E-state index < -0.39 is 35.9 Å². The molecule has 0 radical (unpaired) electrons. The molecule has 0 spiro atoms. The molecule has 3 atom stereocenters. The maximum Gasteiger partial charge on any atom is 0.326 e. The molecular formula is C40H46N4O6. The number of hydrogen-bond acceptors (Lipinski definition) is 5. The number of amides is 4. The predicted molar refractivity (Wildman–Crippen MR) is 193 cm³/mol. The van der Waals surface area contributed by atoms with Gasteiger partial charge in [-0.25, -0.2) is 4.79 Å². The molecule has 4 aromatic carbocycles. The molecule has 5 N–H and O–H groups in total. The van der Waals surface area contributed by atoms with Crippen molar-refractivity contribution in [3.8, 4) is 0 Å². The minimum Gasteiger partial charge on any atom is -0.480 e. The molecule has 0 heterocycles. The molecule has 4 rings (SSSR count). The van der Waals surface area contributed by atoms with Crippen molar-refractivity contribution >= 4 is 40.4 Å². The molecule has 0 unspecified atom stereocenters. The fraction of sp³-hybridized carbons (Fsp3) is 0.325. The summed E-state index contributed by atoms with van der Waals surface area (Å²) >= 11 is 0. The summed E-state index contributed by atoms with van der Waals surface area (Å²) < 4.78 is 0. The zero-order valence-electron chi connectivity index (χ0n) is 28.4. The molecule has 50 heavy (non-hydrogen) atoms. The van der Waals surface area contributed by atoms with E-state index in [1.807, 2.05) is 110 Å². The minimum atomic E-state index is -1.19. The first kappa shape index (κ1) is 37.3. The second-order valence-corrected chi connectivity index (χ2v) is 12.4. The summed E-state index contributed by atoms with van der Waals surface area (Å²) in [5, 5.41) is 23.1. The Kier molecular flexibility index (Phi) is 14.5. The van der Waals surface area contributed by atoms with Crippen molar-refractivity contribution in [1.82, 2.24) is 21.3 Å². The summed E-state index contributed by atoms with van der Waals surface area (Å²) in [6.45, 7) is 2.33. The number of nitrogens with one attached hydrogen (secondary N) is 4. The number of benzene rings is 4. The van der Waals surface area contributed by atoms with Gasteiger partial charge >= 0.3 is 5.97 Å². The molecule has 0 bridgehead atoms. The first-order valence-corrected chi connectivity index (χ1v) is 17.2. The van der Waals surface area contributed by atoms with Crippen molar-refractivity contribution in [3.63, 3.8) is 0 Å². The van der Waals surface area contributed by atoms with Gasteiger partial charge in [-0.05, 0) is 53.1 Å². The van der Waals surface area contributed by atoms with Crippen LogP contribution in [0.15, 0.2) is 103 Å². The van der Waals surface area contributed by atoms with Gasteiger partial charge in [-0.15, -0.1) is 0 Å². The Morgan fingerprint density at radius 1 is 0.600 bits per heavy atom. The molecule has 0 saturated carbocycles. The van der Waals surface area contributed by atoms with E-state index in [1.54, 1.807) is 0 Å². The molecule has 10 nitrogen and oxygen atoms in total. The predicted octanol–water partition coefficient (Wildman–Crippen LogP) is 4.49. The number of fused-ring (bicyclic) bond motifs is 1. The lowest BCUT2D eigenvalue weighted by Gasteiger charge is -2.25. The monoisotopic (exact) mass is 678 g/mol. The van der Waals surface area contributed by atoms with Crippen LogP contribution >= 0.6 is 0 Å².